The highest BCUT2D eigenvalue weighted by Crippen LogP contribution is 2.36. The van der Waals surface area contributed by atoms with Crippen LogP contribution in [-0.2, 0) is 19.5 Å². The number of sulfonamides is 1. The maximum atomic E-state index is 13.2. The van der Waals surface area contributed by atoms with Gasteiger partial charge in [-0.3, -0.25) is 0 Å². The van der Waals surface area contributed by atoms with Gasteiger partial charge in [0.25, 0.3) is 0 Å². The fourth-order valence-electron chi connectivity index (χ4n) is 3.97. The molecule has 1 N–H and O–H groups in total. The van der Waals surface area contributed by atoms with Crippen molar-refractivity contribution in [3.8, 4) is 0 Å². The van der Waals surface area contributed by atoms with Gasteiger partial charge in [0.15, 0.2) is 0 Å². The van der Waals surface area contributed by atoms with E-state index in [1.807, 2.05) is 6.92 Å². The number of alkyl halides is 3. The van der Waals surface area contributed by atoms with Crippen molar-refractivity contribution < 1.29 is 45.4 Å². The Hall–Kier alpha value is -1.96. The smallest absolute Gasteiger partial charge is 0.427 e. The number of aliphatic hydroxyl groups excluding tert-OH is 1. The molecular weight excluding hydrogens is 472 g/mol. The largest absolute Gasteiger partial charge is 0.434 e. The number of nitrogens with zero attached hydrogens (tertiary/aromatic N) is 2. The molecule has 8 nitrogen and oxygen atoms in total. The van der Waals surface area contributed by atoms with Crippen molar-refractivity contribution in [2.24, 2.45) is 0 Å². The number of aliphatic hydroxyl groups is 1. The van der Waals surface area contributed by atoms with Crippen molar-refractivity contribution in [2.75, 3.05) is 32.8 Å². The van der Waals surface area contributed by atoms with E-state index in [9.17, 15) is 30.8 Å². The molecule has 1 aromatic carbocycles. The zero-order chi connectivity index (χ0) is 24.4. The van der Waals surface area contributed by atoms with Crippen molar-refractivity contribution in [1.29, 1.82) is 0 Å². The molecule has 13 heteroatoms. The number of morpholine rings is 1. The average molecular weight is 498 g/mol. The van der Waals surface area contributed by atoms with Crippen molar-refractivity contribution in [3.05, 3.63) is 30.1 Å². The van der Waals surface area contributed by atoms with Gasteiger partial charge in [0.05, 0.1) is 23.2 Å². The highest BCUT2D eigenvalue weighted by molar-refractivity contribution is 7.89. The zero-order valence-electron chi connectivity index (χ0n) is 17.9. The molecule has 2 heterocycles. The molecule has 186 valence electrons. The molecule has 1 amide bonds. The highest BCUT2D eigenvalue weighted by atomic mass is 32.2. The minimum Gasteiger partial charge on any atom is -0.434 e. The van der Waals surface area contributed by atoms with Crippen LogP contribution in [0.5, 0.6) is 0 Å². The van der Waals surface area contributed by atoms with E-state index in [2.05, 4.69) is 4.74 Å². The van der Waals surface area contributed by atoms with E-state index < -0.39 is 52.5 Å². The maximum absolute atomic E-state index is 13.2. The number of carbonyl (C=O) groups is 1. The van der Waals surface area contributed by atoms with Gasteiger partial charge in [-0.1, -0.05) is 6.92 Å². The standard InChI is InChI=1S/C20H26F4N2O6S/c1-2-15-11-26(33(29,30)16-5-3-14(21)4-6-16)13-19(32-15)7-9-25(10-8-19)18(28)31-17(12-27)20(22,23)24/h3-6,15,17,27H,2,7-13H2,1H3/t15-,17?/m1/s1. The lowest BCUT2D eigenvalue weighted by molar-refractivity contribution is -0.216. The molecular formula is C20H26F4N2O6S. The third-order valence-corrected chi connectivity index (χ3v) is 7.73. The Morgan fingerprint density at radius 2 is 1.88 bits per heavy atom. The number of ether oxygens (including phenoxy) is 2. The zero-order valence-corrected chi connectivity index (χ0v) is 18.7. The molecule has 1 spiro atoms. The van der Waals surface area contributed by atoms with Gasteiger partial charge in [-0.2, -0.15) is 17.5 Å². The summed E-state index contributed by atoms with van der Waals surface area (Å²) in [7, 11) is -3.93. The van der Waals surface area contributed by atoms with Gasteiger partial charge in [0, 0.05) is 26.2 Å². The lowest BCUT2D eigenvalue weighted by atomic mass is 9.89. The Bertz CT molecular complexity index is 933. The van der Waals surface area contributed by atoms with E-state index in [0.29, 0.717) is 6.42 Å². The summed E-state index contributed by atoms with van der Waals surface area (Å²) in [4.78, 5) is 13.2. The van der Waals surface area contributed by atoms with Crippen LogP contribution in [0.3, 0.4) is 0 Å². The predicted octanol–water partition coefficient (Wildman–Crippen LogP) is 2.52. The summed E-state index contributed by atoms with van der Waals surface area (Å²) >= 11 is 0. The number of hydrogen-bond donors (Lipinski definition) is 1. The monoisotopic (exact) mass is 498 g/mol. The normalized spacial score (nSPS) is 22.8. The molecule has 1 unspecified atom stereocenters. The highest BCUT2D eigenvalue weighted by Gasteiger charge is 2.48. The average Bonchev–Trinajstić information content (AvgIpc) is 2.77. The van der Waals surface area contributed by atoms with Crippen molar-refractivity contribution in [2.45, 2.75) is 55.1 Å². The Labute approximate surface area is 189 Å². The Kier molecular flexibility index (Phi) is 7.56. The first-order chi connectivity index (χ1) is 15.4. The summed E-state index contributed by atoms with van der Waals surface area (Å²) in [5.41, 5.74) is -0.927. The predicted molar refractivity (Wildman–Crippen MR) is 107 cm³/mol. The van der Waals surface area contributed by atoms with Crippen molar-refractivity contribution in [1.82, 2.24) is 9.21 Å². The number of rotatable bonds is 5. The minimum atomic E-state index is -4.89. The van der Waals surface area contributed by atoms with Gasteiger partial charge in [0.2, 0.25) is 16.1 Å². The summed E-state index contributed by atoms with van der Waals surface area (Å²) in [5.74, 6) is -0.563. The third kappa shape index (κ3) is 5.76. The number of carbonyl (C=O) groups excluding carboxylic acids is 1. The SMILES string of the molecule is CC[C@@H]1CN(S(=O)(=O)c2ccc(F)cc2)CC2(CCN(C(=O)OC(CO)C(F)(F)F)CC2)O1. The number of benzene rings is 1. The van der Waals surface area contributed by atoms with Crippen LogP contribution >= 0.6 is 0 Å². The van der Waals surface area contributed by atoms with E-state index in [4.69, 9.17) is 9.84 Å². The Morgan fingerprint density at radius 3 is 2.39 bits per heavy atom. The first-order valence-corrected chi connectivity index (χ1v) is 11.9. The molecule has 0 bridgehead atoms. The number of piperidine rings is 1. The molecule has 1 aromatic rings. The second kappa shape index (κ2) is 9.72. The molecule has 2 aliphatic rings. The van der Waals surface area contributed by atoms with Crippen LogP contribution in [-0.4, -0.2) is 85.6 Å². The maximum Gasteiger partial charge on any atom is 0.427 e. The van der Waals surface area contributed by atoms with Gasteiger partial charge < -0.3 is 19.5 Å². The van der Waals surface area contributed by atoms with Crippen LogP contribution in [0.25, 0.3) is 0 Å². The quantitative estimate of drug-likeness (QED) is 0.627. The number of amides is 1. The number of likely N-dealkylation sites (tertiary alicyclic amines) is 1. The first-order valence-electron chi connectivity index (χ1n) is 10.5. The molecule has 2 atom stereocenters. The molecule has 0 aliphatic carbocycles. The fraction of sp³-hybridized carbons (Fsp3) is 0.650. The van der Waals surface area contributed by atoms with Crippen molar-refractivity contribution >= 4 is 16.1 Å². The summed E-state index contributed by atoms with van der Waals surface area (Å²) in [6.45, 7) is 0.544. The van der Waals surface area contributed by atoms with E-state index >= 15 is 0 Å². The Morgan fingerprint density at radius 1 is 1.27 bits per heavy atom. The summed E-state index contributed by atoms with van der Waals surface area (Å²) in [5, 5.41) is 8.86. The van der Waals surface area contributed by atoms with E-state index in [-0.39, 0.29) is 43.9 Å². The van der Waals surface area contributed by atoms with Crippen LogP contribution in [0.2, 0.25) is 0 Å². The molecule has 2 fully saturated rings. The van der Waals surface area contributed by atoms with E-state index in [1.165, 1.54) is 16.4 Å². The third-order valence-electron chi connectivity index (χ3n) is 5.90. The lowest BCUT2D eigenvalue weighted by Gasteiger charge is -2.49. The molecule has 33 heavy (non-hydrogen) atoms. The molecule has 0 saturated carbocycles. The van der Waals surface area contributed by atoms with Gasteiger partial charge >= 0.3 is 12.3 Å². The van der Waals surface area contributed by atoms with E-state index in [1.54, 1.807) is 0 Å². The van der Waals surface area contributed by atoms with Crippen LogP contribution < -0.4 is 0 Å². The molecule has 2 saturated heterocycles. The molecule has 0 radical (unpaired) electrons. The lowest BCUT2D eigenvalue weighted by Crippen LogP contribution is -2.61. The first kappa shape index (κ1) is 25.7. The van der Waals surface area contributed by atoms with Crippen molar-refractivity contribution in [3.63, 3.8) is 0 Å². The summed E-state index contributed by atoms with van der Waals surface area (Å²) < 4.78 is 89.7. The fourth-order valence-corrected chi connectivity index (χ4v) is 5.51. The number of hydrogen-bond acceptors (Lipinski definition) is 6. The van der Waals surface area contributed by atoms with Gasteiger partial charge in [-0.15, -0.1) is 0 Å². The van der Waals surface area contributed by atoms with Crippen LogP contribution in [0.1, 0.15) is 26.2 Å². The molecule has 3 rings (SSSR count). The summed E-state index contributed by atoms with van der Waals surface area (Å²) in [6, 6.07) is 4.49. The van der Waals surface area contributed by atoms with Gasteiger partial charge in [-0.05, 0) is 43.5 Å². The Balaban J connectivity index is 1.71. The van der Waals surface area contributed by atoms with Crippen LogP contribution in [0.4, 0.5) is 22.4 Å². The molecule has 2 aliphatic heterocycles. The topological polar surface area (TPSA) is 96.4 Å². The molecule has 0 aromatic heterocycles. The van der Waals surface area contributed by atoms with Gasteiger partial charge in [0.1, 0.15) is 5.82 Å². The van der Waals surface area contributed by atoms with E-state index in [0.717, 1.165) is 17.0 Å². The number of halogens is 4. The second-order valence-electron chi connectivity index (χ2n) is 8.17. The summed E-state index contributed by atoms with van der Waals surface area (Å²) in [6.07, 6.45) is -8.25. The van der Waals surface area contributed by atoms with Gasteiger partial charge in [-0.25, -0.2) is 17.6 Å². The van der Waals surface area contributed by atoms with Crippen LogP contribution in [0.15, 0.2) is 29.2 Å². The van der Waals surface area contributed by atoms with Crippen LogP contribution in [0, 0.1) is 5.82 Å². The minimum absolute atomic E-state index is 0.00426. The second-order valence-corrected chi connectivity index (χ2v) is 10.1.